The van der Waals surface area contributed by atoms with Crippen LogP contribution in [0.4, 0.5) is 17.5 Å². The minimum absolute atomic E-state index is 0.417. The van der Waals surface area contributed by atoms with Crippen LogP contribution in [-0.4, -0.2) is 234 Å². The van der Waals surface area contributed by atoms with Gasteiger partial charge in [0.15, 0.2) is 16.9 Å². The minimum Gasteiger partial charge on any atom is -0.495 e. The van der Waals surface area contributed by atoms with Crippen molar-refractivity contribution in [3.63, 3.8) is 0 Å². The van der Waals surface area contributed by atoms with Gasteiger partial charge in [0, 0.05) is 184 Å². The first-order valence-electron chi connectivity index (χ1n) is 39.4. The van der Waals surface area contributed by atoms with Crippen LogP contribution in [0.5, 0.6) is 34.9 Å². The zero-order chi connectivity index (χ0) is 77.4. The molecule has 10 aliphatic rings. The highest BCUT2D eigenvalue weighted by molar-refractivity contribution is 6.04. The SMILES string of the molecule is CCOc1cc(-c2ccc(N3CC4CC(C3)N4Cc3ccc(OC)nc3)nc2)c2c3c(C)n[nH]c3nn2c1.COc1cc(-c2ccc(N3CC4CC(C3)N4Cc3ccc(OC)nc3)nc2)c2c3cn[nH]c3nn2c1.COc1ccc(CN2C3CC2CN(c2ccc(-c4cc(OCCOC5CC5)cn5nc6[nH]ncc6c45)cn2)C3)cn1. The van der Waals surface area contributed by atoms with Gasteiger partial charge in [-0.25, -0.2) is 43.5 Å². The number of fused-ring (bicyclic) bond motifs is 15. The second-order valence-electron chi connectivity index (χ2n) is 30.7. The fraction of sp³-hybridized carbons (Fsp3) is 0.357. The van der Waals surface area contributed by atoms with Gasteiger partial charge in [-0.05, 0) is 117 Å². The molecular weight excluding hydrogens is 1460 g/mol. The van der Waals surface area contributed by atoms with Gasteiger partial charge in [0.05, 0.1) is 117 Å². The van der Waals surface area contributed by atoms with E-state index in [0.29, 0.717) is 79.8 Å². The number of ether oxygens (including phenoxy) is 7. The quantitative estimate of drug-likeness (QED) is 0.0501. The molecule has 15 aromatic heterocycles. The number of hydrogen-bond acceptors (Lipinski definition) is 25. The van der Waals surface area contributed by atoms with Crippen LogP contribution in [0.25, 0.3) is 83.0 Å². The third-order valence-electron chi connectivity index (χ3n) is 23.7. The first-order chi connectivity index (χ1) is 56.5. The molecule has 0 aromatic carbocycles. The Morgan fingerprint density at radius 1 is 0.409 bits per heavy atom. The predicted molar refractivity (Wildman–Crippen MR) is 433 cm³/mol. The van der Waals surface area contributed by atoms with E-state index in [1.54, 1.807) is 28.4 Å². The molecule has 0 spiro atoms. The maximum atomic E-state index is 6.07. The number of anilines is 3. The van der Waals surface area contributed by atoms with Crippen LogP contribution in [0.2, 0.25) is 0 Å². The molecule has 6 atom stereocenters. The van der Waals surface area contributed by atoms with Crippen molar-refractivity contribution in [2.75, 3.05) is 102 Å². The van der Waals surface area contributed by atoms with Gasteiger partial charge in [-0.2, -0.15) is 15.3 Å². The summed E-state index contributed by atoms with van der Waals surface area (Å²) in [6.45, 7) is 14.3. The summed E-state index contributed by atoms with van der Waals surface area (Å²) in [5.74, 6) is 7.26. The van der Waals surface area contributed by atoms with E-state index < -0.39 is 0 Å². The van der Waals surface area contributed by atoms with E-state index in [1.165, 1.54) is 36.0 Å². The van der Waals surface area contributed by atoms with Crippen LogP contribution in [0.15, 0.2) is 159 Å². The van der Waals surface area contributed by atoms with E-state index >= 15 is 0 Å². The monoisotopic (exact) mass is 1540 g/mol. The fourth-order valence-electron chi connectivity index (χ4n) is 17.7. The zero-order valence-corrected chi connectivity index (χ0v) is 64.8. The summed E-state index contributed by atoms with van der Waals surface area (Å²) in [6, 6.07) is 34.3. The van der Waals surface area contributed by atoms with Gasteiger partial charge < -0.3 is 47.9 Å². The Bertz CT molecular complexity index is 5950. The van der Waals surface area contributed by atoms with Gasteiger partial charge in [-0.15, -0.1) is 15.3 Å². The lowest BCUT2D eigenvalue weighted by molar-refractivity contribution is -0.00879. The number of aromatic nitrogens is 18. The zero-order valence-electron chi connectivity index (χ0n) is 64.8. The number of aromatic amines is 3. The molecule has 1 saturated carbocycles. The Balaban J connectivity index is 0.000000112. The molecule has 24 heterocycles. The van der Waals surface area contributed by atoms with Crippen molar-refractivity contribution in [2.24, 2.45) is 0 Å². The second-order valence-corrected chi connectivity index (χ2v) is 30.7. The molecule has 10 fully saturated rings. The van der Waals surface area contributed by atoms with Crippen molar-refractivity contribution in [1.29, 1.82) is 0 Å². The summed E-state index contributed by atoms with van der Waals surface area (Å²) in [4.78, 5) is 42.7. The van der Waals surface area contributed by atoms with Crippen LogP contribution in [0.3, 0.4) is 0 Å². The van der Waals surface area contributed by atoms with Crippen molar-refractivity contribution in [1.82, 2.24) is 104 Å². The third kappa shape index (κ3) is 13.8. The molecule has 6 bridgehead atoms. The second kappa shape index (κ2) is 30.1. The standard InChI is InChI=1S/C30H32N8O3.C28H30N8O2.C26H26N8O2/c1-39-28-7-2-19(12-32-28)15-37-21-10-22(37)17-36(16-21)27-6-3-20(13-31-27)25-11-24(41-9-8-40-23-4-5-23)18-38-29(25)26-14-33-34-30(26)35-38;1-4-38-22-10-23(27-26-17(2)31-32-28(26)33-36(27)16-22)19-6-7-24(29-12-19)34-14-20-9-21(15-34)35(20)13-18-5-8-25(37-3)30-11-18;1-35-20-8-21(25-22-11-29-30-26(22)31-34(25)15-20)17-4-5-23(27-10-17)32-13-18-7-19(14-32)33(18)12-16-3-6-24(36-2)28-9-16/h2-3,6-7,11-14,18,21-23H,4-5,8-10,15-17H2,1H3,(H,34,35);5-8,10-12,16,20-21H,4,9,13-15H2,1-3H3,(H,32,33);3-6,8-11,15,18-19H,7,12-14H2,1-2H3,(H,30,31). The van der Waals surface area contributed by atoms with Crippen molar-refractivity contribution < 1.29 is 33.2 Å². The average molecular weight is 1550 g/mol. The van der Waals surface area contributed by atoms with E-state index in [9.17, 15) is 0 Å². The highest BCUT2D eigenvalue weighted by Crippen LogP contribution is 2.43. The summed E-state index contributed by atoms with van der Waals surface area (Å²) in [5.41, 5.74) is 15.9. The Morgan fingerprint density at radius 2 is 0.817 bits per heavy atom. The molecule has 25 rings (SSSR count). The summed E-state index contributed by atoms with van der Waals surface area (Å²) >= 11 is 0. The Labute approximate surface area is 661 Å². The Kier molecular flexibility index (Phi) is 18.7. The Hall–Kier alpha value is -12.6. The minimum atomic E-state index is 0.417. The van der Waals surface area contributed by atoms with E-state index in [2.05, 4.69) is 152 Å². The summed E-state index contributed by atoms with van der Waals surface area (Å²) in [7, 11) is 6.60. The van der Waals surface area contributed by atoms with Crippen LogP contribution >= 0.6 is 0 Å². The van der Waals surface area contributed by atoms with Gasteiger partial charge >= 0.3 is 0 Å². The van der Waals surface area contributed by atoms with Crippen LogP contribution in [0.1, 0.15) is 61.4 Å². The van der Waals surface area contributed by atoms with E-state index in [0.717, 1.165) is 195 Å². The predicted octanol–water partition coefficient (Wildman–Crippen LogP) is 10.7. The van der Waals surface area contributed by atoms with Crippen molar-refractivity contribution in [3.05, 3.63) is 182 Å². The van der Waals surface area contributed by atoms with Gasteiger partial charge in [0.25, 0.3) is 0 Å². The number of H-pyrrole nitrogens is 3. The number of nitrogens with zero attached hydrogens (tertiary/aromatic N) is 21. The summed E-state index contributed by atoms with van der Waals surface area (Å²) in [5, 5.41) is 38.6. The van der Waals surface area contributed by atoms with Crippen LogP contribution in [0, 0.1) is 6.92 Å². The molecule has 0 amide bonds. The molecule has 15 aromatic rings. The molecule has 1 aliphatic carbocycles. The number of hydrogen-bond donors (Lipinski definition) is 3. The molecule has 6 unspecified atom stereocenters. The molecule has 115 heavy (non-hydrogen) atoms. The normalized spacial score (nSPS) is 19.8. The van der Waals surface area contributed by atoms with Gasteiger partial charge in [0.1, 0.15) is 41.3 Å². The van der Waals surface area contributed by atoms with E-state index in [1.807, 2.05) is 120 Å². The highest BCUT2D eigenvalue weighted by atomic mass is 16.5. The maximum Gasteiger partial charge on any atom is 0.212 e. The van der Waals surface area contributed by atoms with Gasteiger partial charge in [-0.3, -0.25) is 30.0 Å². The number of piperidine rings is 3. The first kappa shape index (κ1) is 71.5. The van der Waals surface area contributed by atoms with Crippen LogP contribution < -0.4 is 43.1 Å². The van der Waals surface area contributed by atoms with Gasteiger partial charge in [0.2, 0.25) is 17.6 Å². The molecule has 31 heteroatoms. The Morgan fingerprint density at radius 3 is 1.21 bits per heavy atom. The third-order valence-corrected chi connectivity index (χ3v) is 23.7. The number of methoxy groups -OCH3 is 4. The van der Waals surface area contributed by atoms with E-state index in [-0.39, 0.29) is 0 Å². The topological polar surface area (TPSA) is 299 Å². The van der Waals surface area contributed by atoms with Crippen LogP contribution in [-0.2, 0) is 24.4 Å². The summed E-state index contributed by atoms with van der Waals surface area (Å²) < 4.78 is 44.4. The smallest absolute Gasteiger partial charge is 0.212 e. The number of nitrogens with one attached hydrogen (secondary N) is 3. The molecule has 0 radical (unpaired) electrons. The van der Waals surface area contributed by atoms with Crippen molar-refractivity contribution in [2.45, 2.75) is 108 Å². The maximum absolute atomic E-state index is 6.07. The largest absolute Gasteiger partial charge is 0.495 e. The molecule has 586 valence electrons. The molecule has 3 N–H and O–H groups in total. The summed E-state index contributed by atoms with van der Waals surface area (Å²) in [6.07, 6.45) is 27.4. The molecule has 31 nitrogen and oxygen atoms in total. The number of pyridine rings is 9. The first-order valence-corrected chi connectivity index (χ1v) is 39.4. The number of rotatable bonds is 23. The lowest BCUT2D eigenvalue weighted by Gasteiger charge is -2.56. The highest BCUT2D eigenvalue weighted by Gasteiger charge is 2.47. The van der Waals surface area contributed by atoms with Gasteiger partial charge in [-0.1, -0.05) is 18.2 Å². The van der Waals surface area contributed by atoms with Crippen molar-refractivity contribution in [3.8, 4) is 68.3 Å². The number of aryl methyl sites for hydroxylation is 1. The average Bonchev–Trinajstić information content (AvgIpc) is 1.67. The molecular formula is C84H88N24O7. The fourth-order valence-corrected chi connectivity index (χ4v) is 17.7. The van der Waals surface area contributed by atoms with Crippen molar-refractivity contribution >= 4 is 67.1 Å². The molecule has 9 saturated heterocycles. The lowest BCUT2D eigenvalue weighted by atomic mass is 9.87. The molecule has 9 aliphatic heterocycles. The number of piperazine rings is 3. The van der Waals surface area contributed by atoms with E-state index in [4.69, 9.17) is 53.2 Å². The lowest BCUT2D eigenvalue weighted by Crippen LogP contribution is -2.68.